The van der Waals surface area contributed by atoms with E-state index in [2.05, 4.69) is 15.5 Å². The Balaban J connectivity index is 1.11. The van der Waals surface area contributed by atoms with Gasteiger partial charge in [0.1, 0.15) is 5.75 Å². The Morgan fingerprint density at radius 1 is 1.03 bits per heavy atom. The van der Waals surface area contributed by atoms with Crippen molar-refractivity contribution in [1.82, 2.24) is 15.5 Å². The number of benzene rings is 2. The van der Waals surface area contributed by atoms with E-state index in [1.54, 1.807) is 30.3 Å². The van der Waals surface area contributed by atoms with Crippen molar-refractivity contribution >= 4 is 29.1 Å². The Labute approximate surface area is 207 Å². The van der Waals surface area contributed by atoms with E-state index >= 15 is 0 Å². The fraction of sp³-hybridized carbons (Fsp3) is 0.400. The third-order valence-corrected chi connectivity index (χ3v) is 7.11. The molecule has 5 rings (SSSR count). The molecule has 0 unspecified atom stereocenters. The third-order valence-electron chi connectivity index (χ3n) is 6.62. The van der Waals surface area contributed by atoms with Crippen molar-refractivity contribution in [2.75, 3.05) is 6.54 Å². The molecule has 2 aromatic carbocycles. The molecule has 1 aromatic heterocycles. The van der Waals surface area contributed by atoms with Gasteiger partial charge in [-0.1, -0.05) is 23.2 Å². The summed E-state index contributed by atoms with van der Waals surface area (Å²) in [5.41, 5.74) is 1.47. The monoisotopic (exact) mass is 501 g/mol. The molecule has 1 fully saturated rings. The molecule has 178 valence electrons. The van der Waals surface area contributed by atoms with Crippen LogP contribution in [0.2, 0.25) is 10.0 Å². The van der Waals surface area contributed by atoms with Gasteiger partial charge in [0.25, 0.3) is 5.91 Å². The summed E-state index contributed by atoms with van der Waals surface area (Å²) in [6.07, 6.45) is 2.48. The number of nitrogens with one attached hydrogen (secondary N) is 1. The lowest BCUT2D eigenvalue weighted by molar-refractivity contribution is -0.130. The van der Waals surface area contributed by atoms with Crippen LogP contribution >= 0.6 is 23.2 Å². The molecule has 2 heterocycles. The van der Waals surface area contributed by atoms with Gasteiger partial charge in [0.15, 0.2) is 6.10 Å². The maximum absolute atomic E-state index is 12.7. The van der Waals surface area contributed by atoms with Gasteiger partial charge >= 0.3 is 0 Å². The second-order valence-corrected chi connectivity index (χ2v) is 9.83. The molecule has 1 amide bonds. The molecular formula is C25H25Cl2N3O4. The maximum Gasteiger partial charge on any atom is 0.261 e. The van der Waals surface area contributed by atoms with Gasteiger partial charge in [0.2, 0.25) is 11.8 Å². The predicted octanol–water partition coefficient (Wildman–Crippen LogP) is 5.32. The fourth-order valence-electron chi connectivity index (χ4n) is 4.66. The van der Waals surface area contributed by atoms with Crippen LogP contribution in [0.3, 0.4) is 0 Å². The SMILES string of the molecule is O=C(NC[C@H]1CC[C@H](c2nnc(-c3ccc(Cl)cc3)o2)CC1)[C@H]1C[C@@H](O)c2cc(Cl)ccc2O1. The van der Waals surface area contributed by atoms with Gasteiger partial charge in [-0.15, -0.1) is 10.2 Å². The molecule has 34 heavy (non-hydrogen) atoms. The van der Waals surface area contributed by atoms with E-state index in [1.165, 1.54) is 0 Å². The zero-order valence-corrected chi connectivity index (χ0v) is 19.9. The Morgan fingerprint density at radius 2 is 1.76 bits per heavy atom. The number of aliphatic hydroxyl groups is 1. The number of amides is 1. The van der Waals surface area contributed by atoms with Crippen LogP contribution in [-0.4, -0.2) is 33.9 Å². The summed E-state index contributed by atoms with van der Waals surface area (Å²) in [6.45, 7) is 0.578. The quantitative estimate of drug-likeness (QED) is 0.490. The maximum atomic E-state index is 12.7. The minimum absolute atomic E-state index is 0.203. The van der Waals surface area contributed by atoms with Crippen molar-refractivity contribution in [3.63, 3.8) is 0 Å². The van der Waals surface area contributed by atoms with Crippen LogP contribution in [0.4, 0.5) is 0 Å². The molecule has 7 nitrogen and oxygen atoms in total. The highest BCUT2D eigenvalue weighted by molar-refractivity contribution is 6.31. The van der Waals surface area contributed by atoms with E-state index in [9.17, 15) is 9.90 Å². The molecule has 9 heteroatoms. The van der Waals surface area contributed by atoms with E-state index in [0.29, 0.717) is 45.6 Å². The second kappa shape index (κ2) is 9.94. The minimum atomic E-state index is -0.777. The van der Waals surface area contributed by atoms with E-state index < -0.39 is 12.2 Å². The number of hydrogen-bond donors (Lipinski definition) is 2. The zero-order valence-electron chi connectivity index (χ0n) is 18.4. The normalized spacial score (nSPS) is 24.2. The van der Waals surface area contributed by atoms with Crippen molar-refractivity contribution < 1.29 is 19.1 Å². The standard InChI is InChI=1S/C25H25Cl2N3O4/c26-17-7-5-16(6-8-17)25-30-29-24(34-25)15-3-1-14(2-4-15)13-28-23(32)22-12-20(31)19-11-18(27)9-10-21(19)33-22/h5-11,14-15,20,22,31H,1-4,12-13H2,(H,28,32)/t14-,15-,20-,22-/m1/s1. The van der Waals surface area contributed by atoms with Crippen molar-refractivity contribution in [1.29, 1.82) is 0 Å². The Hall–Kier alpha value is -2.61. The number of halogens is 2. The molecule has 1 aliphatic heterocycles. The lowest BCUT2D eigenvalue weighted by Gasteiger charge is -2.30. The topological polar surface area (TPSA) is 97.5 Å². The first-order valence-corrected chi connectivity index (χ1v) is 12.2. The number of aromatic nitrogens is 2. The number of hydrogen-bond acceptors (Lipinski definition) is 6. The number of ether oxygens (including phenoxy) is 1. The largest absolute Gasteiger partial charge is 0.480 e. The van der Waals surface area contributed by atoms with Gasteiger partial charge in [-0.05, 0) is 74.1 Å². The van der Waals surface area contributed by atoms with E-state index in [4.69, 9.17) is 32.4 Å². The molecule has 0 spiro atoms. The Kier molecular flexibility index (Phi) is 6.77. The first-order valence-electron chi connectivity index (χ1n) is 11.5. The highest BCUT2D eigenvalue weighted by Crippen LogP contribution is 2.38. The number of carbonyl (C=O) groups excluding carboxylic acids is 1. The highest BCUT2D eigenvalue weighted by atomic mass is 35.5. The number of carbonyl (C=O) groups is 1. The highest BCUT2D eigenvalue weighted by Gasteiger charge is 2.33. The first-order chi connectivity index (χ1) is 16.5. The molecule has 1 saturated carbocycles. The molecule has 0 radical (unpaired) electrons. The Morgan fingerprint density at radius 3 is 2.53 bits per heavy atom. The van der Waals surface area contributed by atoms with Gasteiger partial charge in [0.05, 0.1) is 6.10 Å². The van der Waals surface area contributed by atoms with Crippen LogP contribution < -0.4 is 10.1 Å². The van der Waals surface area contributed by atoms with Gasteiger partial charge in [-0.2, -0.15) is 0 Å². The smallest absolute Gasteiger partial charge is 0.261 e. The third kappa shape index (κ3) is 5.06. The number of rotatable bonds is 5. The summed E-state index contributed by atoms with van der Waals surface area (Å²) in [5.74, 6) is 2.06. The summed E-state index contributed by atoms with van der Waals surface area (Å²) < 4.78 is 11.7. The van der Waals surface area contributed by atoms with Crippen molar-refractivity contribution in [2.24, 2.45) is 5.92 Å². The van der Waals surface area contributed by atoms with Crippen LogP contribution in [0.15, 0.2) is 46.9 Å². The summed E-state index contributed by atoms with van der Waals surface area (Å²) in [7, 11) is 0. The van der Waals surface area contributed by atoms with Crippen LogP contribution in [0.25, 0.3) is 11.5 Å². The molecule has 2 N–H and O–H groups in total. The lowest BCUT2D eigenvalue weighted by Crippen LogP contribution is -2.43. The number of fused-ring (bicyclic) bond motifs is 1. The van der Waals surface area contributed by atoms with E-state index in [1.807, 2.05) is 12.1 Å². The molecular weight excluding hydrogens is 477 g/mol. The van der Waals surface area contributed by atoms with Crippen LogP contribution in [-0.2, 0) is 4.79 Å². The zero-order chi connectivity index (χ0) is 23.7. The molecule has 2 aliphatic rings. The van der Waals surface area contributed by atoms with Crippen molar-refractivity contribution in [2.45, 2.75) is 50.2 Å². The summed E-state index contributed by atoms with van der Waals surface area (Å²) in [6, 6.07) is 12.4. The lowest BCUT2D eigenvalue weighted by atomic mass is 9.82. The number of nitrogens with zero attached hydrogens (tertiary/aromatic N) is 2. The van der Waals surface area contributed by atoms with Crippen molar-refractivity contribution in [3.05, 3.63) is 64.0 Å². The number of aliphatic hydroxyl groups excluding tert-OH is 1. The van der Waals surface area contributed by atoms with Gasteiger partial charge in [-0.25, -0.2) is 0 Å². The molecule has 2 atom stereocenters. The van der Waals surface area contributed by atoms with Gasteiger partial charge in [0, 0.05) is 40.1 Å². The first kappa shape index (κ1) is 23.1. The average Bonchev–Trinajstić information content (AvgIpc) is 3.34. The van der Waals surface area contributed by atoms with Crippen LogP contribution in [0.1, 0.15) is 55.6 Å². The van der Waals surface area contributed by atoms with Gasteiger partial charge in [-0.3, -0.25) is 4.79 Å². The van der Waals surface area contributed by atoms with Crippen LogP contribution in [0.5, 0.6) is 5.75 Å². The fourth-order valence-corrected chi connectivity index (χ4v) is 4.97. The van der Waals surface area contributed by atoms with Gasteiger partial charge < -0.3 is 19.6 Å². The van der Waals surface area contributed by atoms with Crippen molar-refractivity contribution in [3.8, 4) is 17.2 Å². The van der Waals surface area contributed by atoms with E-state index in [0.717, 1.165) is 31.2 Å². The molecule has 0 bridgehead atoms. The molecule has 1 aliphatic carbocycles. The van der Waals surface area contributed by atoms with Crippen LogP contribution in [0, 0.1) is 5.92 Å². The summed E-state index contributed by atoms with van der Waals surface area (Å²) in [4.78, 5) is 12.7. The molecule has 0 saturated heterocycles. The second-order valence-electron chi connectivity index (χ2n) is 8.96. The average molecular weight is 502 g/mol. The summed E-state index contributed by atoms with van der Waals surface area (Å²) in [5, 5.41) is 23.1. The predicted molar refractivity (Wildman–Crippen MR) is 128 cm³/mol. The summed E-state index contributed by atoms with van der Waals surface area (Å²) >= 11 is 11.9. The molecule has 3 aromatic rings. The van der Waals surface area contributed by atoms with E-state index in [-0.39, 0.29) is 18.2 Å². The minimum Gasteiger partial charge on any atom is -0.480 e. The Bertz CT molecular complexity index is 1160.